The van der Waals surface area contributed by atoms with E-state index in [9.17, 15) is 4.79 Å². The highest BCUT2D eigenvalue weighted by atomic mass is 35.5. The summed E-state index contributed by atoms with van der Waals surface area (Å²) in [5.74, 6) is 1.99. The molecule has 4 heterocycles. The first kappa shape index (κ1) is 21.9. The van der Waals surface area contributed by atoms with E-state index in [1.165, 1.54) is 0 Å². The second kappa shape index (κ2) is 9.19. The number of nitrogens with one attached hydrogen (secondary N) is 1. The lowest BCUT2D eigenvalue weighted by molar-refractivity contribution is -0.123. The van der Waals surface area contributed by atoms with E-state index in [4.69, 9.17) is 16.6 Å². The van der Waals surface area contributed by atoms with E-state index in [-0.39, 0.29) is 11.8 Å². The molecule has 0 aliphatic carbocycles. The molecule has 176 valence electrons. The lowest BCUT2D eigenvalue weighted by atomic mass is 9.94. The van der Waals surface area contributed by atoms with Crippen LogP contribution in [-0.4, -0.2) is 40.5 Å². The lowest BCUT2D eigenvalue weighted by Crippen LogP contribution is -2.43. The van der Waals surface area contributed by atoms with Crippen LogP contribution in [0.1, 0.15) is 18.5 Å². The Morgan fingerprint density at radius 2 is 1.77 bits per heavy atom. The van der Waals surface area contributed by atoms with Crippen molar-refractivity contribution in [3.05, 3.63) is 83.6 Å². The largest absolute Gasteiger partial charge is 0.357 e. The Bertz CT molecular complexity index is 1350. The fraction of sp³-hybridized carbons (Fsp3) is 0.250. The number of piperidine rings is 1. The van der Waals surface area contributed by atoms with Crippen LogP contribution >= 0.6 is 11.6 Å². The van der Waals surface area contributed by atoms with E-state index in [1.54, 1.807) is 0 Å². The molecule has 2 aromatic carbocycles. The molecule has 2 aromatic heterocycles. The van der Waals surface area contributed by atoms with Gasteiger partial charge in [-0.1, -0.05) is 48.0 Å². The summed E-state index contributed by atoms with van der Waals surface area (Å²) >= 11 is 6.42. The number of H-pyrrole nitrogens is 1. The number of halogens is 1. The van der Waals surface area contributed by atoms with Gasteiger partial charge in [0.2, 0.25) is 5.91 Å². The van der Waals surface area contributed by atoms with E-state index >= 15 is 0 Å². The molecule has 0 unspecified atom stereocenters. The maximum Gasteiger partial charge on any atom is 0.230 e. The predicted octanol–water partition coefficient (Wildman–Crippen LogP) is 5.60. The summed E-state index contributed by atoms with van der Waals surface area (Å²) in [6.45, 7) is 2.27. The summed E-state index contributed by atoms with van der Waals surface area (Å²) in [4.78, 5) is 30.9. The highest BCUT2D eigenvalue weighted by Crippen LogP contribution is 2.39. The van der Waals surface area contributed by atoms with Gasteiger partial charge < -0.3 is 14.8 Å². The second-order valence-electron chi connectivity index (χ2n) is 9.13. The Morgan fingerprint density at radius 3 is 2.54 bits per heavy atom. The van der Waals surface area contributed by atoms with Crippen LogP contribution in [-0.2, 0) is 11.2 Å². The highest BCUT2D eigenvalue weighted by Gasteiger charge is 2.33. The summed E-state index contributed by atoms with van der Waals surface area (Å²) in [6, 6.07) is 21.8. The Morgan fingerprint density at radius 1 is 0.971 bits per heavy atom. The summed E-state index contributed by atoms with van der Waals surface area (Å²) < 4.78 is 0. The number of nitrogens with zero attached hydrogens (tertiary/aromatic N) is 4. The number of pyridine rings is 1. The number of rotatable bonds is 3. The van der Waals surface area contributed by atoms with E-state index in [0.717, 1.165) is 65.8 Å². The predicted molar refractivity (Wildman–Crippen MR) is 140 cm³/mol. The van der Waals surface area contributed by atoms with Crippen LogP contribution in [0.2, 0.25) is 5.02 Å². The molecule has 4 aromatic rings. The van der Waals surface area contributed by atoms with Gasteiger partial charge in [0.05, 0.1) is 11.4 Å². The molecule has 1 fully saturated rings. The van der Waals surface area contributed by atoms with Crippen molar-refractivity contribution in [1.29, 1.82) is 0 Å². The number of carbonyl (C=O) groups excluding carboxylic acids is 1. The molecule has 6 nitrogen and oxygen atoms in total. The van der Waals surface area contributed by atoms with Gasteiger partial charge in [0.1, 0.15) is 11.6 Å². The third kappa shape index (κ3) is 4.19. The molecule has 6 rings (SSSR count). The molecule has 0 spiro atoms. The molecular formula is C28H26ClN5O. The van der Waals surface area contributed by atoms with Gasteiger partial charge >= 0.3 is 0 Å². The first-order valence-electron chi connectivity index (χ1n) is 12.1. The smallest absolute Gasteiger partial charge is 0.230 e. The minimum Gasteiger partial charge on any atom is -0.357 e. The standard InChI is InChI=1S/C28H26ClN5O/c29-21-9-10-24-22(18-21)26-23(31-27(32-26)19-6-2-1-3-7-19)13-17-34(24)28(35)20-11-15-33(16-12-20)25-8-4-5-14-30-25/h1-10,14,18,20H,11-13,15-17H2,(H,31,32). The Kier molecular flexibility index (Phi) is 5.74. The molecule has 1 N–H and O–H groups in total. The molecule has 7 heteroatoms. The van der Waals surface area contributed by atoms with Gasteiger partial charge in [-0.3, -0.25) is 4.79 Å². The van der Waals surface area contributed by atoms with Crippen LogP contribution in [0.15, 0.2) is 72.9 Å². The fourth-order valence-corrected chi connectivity index (χ4v) is 5.34. The molecule has 1 saturated heterocycles. The number of aromatic nitrogens is 3. The summed E-state index contributed by atoms with van der Waals surface area (Å²) in [6.07, 6.45) is 4.16. The summed E-state index contributed by atoms with van der Waals surface area (Å²) in [5, 5.41) is 0.636. The van der Waals surface area contributed by atoms with Crippen molar-refractivity contribution in [2.24, 2.45) is 5.92 Å². The zero-order valence-corrected chi connectivity index (χ0v) is 20.1. The normalized spacial score (nSPS) is 15.9. The quantitative estimate of drug-likeness (QED) is 0.412. The van der Waals surface area contributed by atoms with Crippen LogP contribution in [0.3, 0.4) is 0 Å². The summed E-state index contributed by atoms with van der Waals surface area (Å²) in [7, 11) is 0. The van der Waals surface area contributed by atoms with Crippen LogP contribution < -0.4 is 9.80 Å². The molecule has 0 bridgehead atoms. The second-order valence-corrected chi connectivity index (χ2v) is 9.57. The minimum absolute atomic E-state index is 0.0113. The maximum atomic E-state index is 13.8. The minimum atomic E-state index is -0.0113. The van der Waals surface area contributed by atoms with Gasteiger partial charge in [0.15, 0.2) is 0 Å². The van der Waals surface area contributed by atoms with Crippen LogP contribution in [0.4, 0.5) is 11.5 Å². The average Bonchev–Trinajstić information content (AvgIpc) is 3.28. The topological polar surface area (TPSA) is 65.1 Å². The van der Waals surface area contributed by atoms with E-state index in [1.807, 2.05) is 77.8 Å². The van der Waals surface area contributed by atoms with E-state index in [0.29, 0.717) is 18.0 Å². The lowest BCUT2D eigenvalue weighted by Gasteiger charge is -2.35. The zero-order chi connectivity index (χ0) is 23.8. The maximum absolute atomic E-state index is 13.8. The molecule has 0 saturated carbocycles. The Balaban J connectivity index is 1.28. The van der Waals surface area contributed by atoms with Gasteiger partial charge in [0, 0.05) is 60.0 Å². The van der Waals surface area contributed by atoms with Crippen molar-refractivity contribution in [3.63, 3.8) is 0 Å². The number of fused-ring (bicyclic) bond motifs is 3. The Labute approximate surface area is 209 Å². The van der Waals surface area contributed by atoms with Crippen molar-refractivity contribution < 1.29 is 4.79 Å². The molecule has 0 radical (unpaired) electrons. The SMILES string of the molecule is O=C(C1CCN(c2ccccn2)CC1)N1CCc2[nH]c(-c3ccccc3)nc2-c2cc(Cl)ccc21. The van der Waals surface area contributed by atoms with Crippen LogP contribution in [0.25, 0.3) is 22.6 Å². The Hall–Kier alpha value is -3.64. The van der Waals surface area contributed by atoms with Crippen molar-refractivity contribution in [3.8, 4) is 22.6 Å². The highest BCUT2D eigenvalue weighted by molar-refractivity contribution is 6.31. The van der Waals surface area contributed by atoms with Gasteiger partial charge in [-0.2, -0.15) is 0 Å². The van der Waals surface area contributed by atoms with Crippen LogP contribution in [0.5, 0.6) is 0 Å². The molecule has 2 aliphatic heterocycles. The molecule has 35 heavy (non-hydrogen) atoms. The number of hydrogen-bond acceptors (Lipinski definition) is 4. The zero-order valence-electron chi connectivity index (χ0n) is 19.3. The number of carbonyl (C=O) groups is 1. The van der Waals surface area contributed by atoms with E-state index < -0.39 is 0 Å². The number of aromatic amines is 1. The van der Waals surface area contributed by atoms with Gasteiger partial charge in [-0.05, 0) is 43.2 Å². The fourth-order valence-electron chi connectivity index (χ4n) is 5.17. The van der Waals surface area contributed by atoms with E-state index in [2.05, 4.69) is 14.9 Å². The van der Waals surface area contributed by atoms with Crippen molar-refractivity contribution in [1.82, 2.24) is 15.0 Å². The van der Waals surface area contributed by atoms with Gasteiger partial charge in [-0.15, -0.1) is 0 Å². The molecule has 0 atom stereocenters. The van der Waals surface area contributed by atoms with Crippen molar-refractivity contribution in [2.75, 3.05) is 29.4 Å². The molecular weight excluding hydrogens is 458 g/mol. The number of imidazole rings is 1. The number of amides is 1. The number of anilines is 2. The van der Waals surface area contributed by atoms with Crippen molar-refractivity contribution in [2.45, 2.75) is 19.3 Å². The first-order valence-corrected chi connectivity index (χ1v) is 12.5. The van der Waals surface area contributed by atoms with Gasteiger partial charge in [-0.25, -0.2) is 9.97 Å². The number of hydrogen-bond donors (Lipinski definition) is 1. The molecule has 1 amide bonds. The van der Waals surface area contributed by atoms with Gasteiger partial charge in [0.25, 0.3) is 0 Å². The average molecular weight is 484 g/mol. The third-order valence-corrected chi connectivity index (χ3v) is 7.23. The molecule has 2 aliphatic rings. The summed E-state index contributed by atoms with van der Waals surface area (Å²) in [5.41, 5.74) is 4.74. The number of benzene rings is 2. The third-order valence-electron chi connectivity index (χ3n) is 7.00. The first-order chi connectivity index (χ1) is 17.2. The monoisotopic (exact) mass is 483 g/mol. The van der Waals surface area contributed by atoms with Crippen LogP contribution in [0, 0.1) is 5.92 Å². The van der Waals surface area contributed by atoms with Crippen molar-refractivity contribution >= 4 is 29.0 Å².